The number of fused-ring (bicyclic) bond motifs is 1. The van der Waals surface area contributed by atoms with Crippen molar-refractivity contribution in [1.82, 2.24) is 9.78 Å². The van der Waals surface area contributed by atoms with Crippen LogP contribution in [0.5, 0.6) is 0 Å². The minimum Gasteiger partial charge on any atom is -0.376 e. The highest BCUT2D eigenvalue weighted by Crippen LogP contribution is 2.44. The minimum absolute atomic E-state index is 0.428. The van der Waals surface area contributed by atoms with Crippen molar-refractivity contribution in [2.45, 2.75) is 42.3 Å². The fraction of sp³-hybridized carbons (Fsp3) is 0.462. The molecule has 2 atom stereocenters. The summed E-state index contributed by atoms with van der Waals surface area (Å²) in [6, 6.07) is 2.68. The SMILES string of the molecule is CCn1cc(NC2C[C@H](C)Sc3sccc32)cn1. The van der Waals surface area contributed by atoms with E-state index >= 15 is 0 Å². The number of nitrogens with zero attached hydrogens (tertiary/aromatic N) is 2. The van der Waals surface area contributed by atoms with Gasteiger partial charge in [0.25, 0.3) is 0 Å². The molecule has 1 unspecified atom stereocenters. The number of thioether (sulfide) groups is 1. The molecule has 2 aromatic rings. The van der Waals surface area contributed by atoms with Crippen molar-refractivity contribution >= 4 is 28.8 Å². The third-order valence-corrected chi connectivity index (χ3v) is 5.55. The summed E-state index contributed by atoms with van der Waals surface area (Å²) in [7, 11) is 0. The van der Waals surface area contributed by atoms with Gasteiger partial charge in [0.15, 0.2) is 0 Å². The number of aromatic nitrogens is 2. The number of rotatable bonds is 3. The summed E-state index contributed by atoms with van der Waals surface area (Å²) in [4.78, 5) is 0. The van der Waals surface area contributed by atoms with E-state index in [9.17, 15) is 0 Å². The molecular weight excluding hydrogens is 262 g/mol. The van der Waals surface area contributed by atoms with Crippen molar-refractivity contribution in [2.24, 2.45) is 0 Å². The Bertz CT molecular complexity index is 532. The first-order valence-electron chi connectivity index (χ1n) is 6.29. The van der Waals surface area contributed by atoms with Crippen LogP contribution < -0.4 is 5.32 Å². The van der Waals surface area contributed by atoms with Crippen LogP contribution in [0.3, 0.4) is 0 Å². The highest BCUT2D eigenvalue weighted by atomic mass is 32.2. The lowest BCUT2D eigenvalue weighted by molar-refractivity contribution is 0.657. The molecule has 0 spiro atoms. The van der Waals surface area contributed by atoms with E-state index in [0.717, 1.165) is 12.2 Å². The zero-order valence-corrected chi connectivity index (χ0v) is 12.2. The van der Waals surface area contributed by atoms with Crippen LogP contribution in [0.15, 0.2) is 28.0 Å². The van der Waals surface area contributed by atoms with Crippen LogP contribution in [0.25, 0.3) is 0 Å². The summed E-state index contributed by atoms with van der Waals surface area (Å²) >= 11 is 3.86. The van der Waals surface area contributed by atoms with E-state index in [0.29, 0.717) is 11.3 Å². The average molecular weight is 279 g/mol. The number of hydrogen-bond donors (Lipinski definition) is 1. The van der Waals surface area contributed by atoms with Gasteiger partial charge < -0.3 is 5.32 Å². The smallest absolute Gasteiger partial charge is 0.0731 e. The van der Waals surface area contributed by atoms with Gasteiger partial charge in [0.05, 0.1) is 22.1 Å². The van der Waals surface area contributed by atoms with Crippen LogP contribution in [0.1, 0.15) is 31.9 Å². The first kappa shape index (κ1) is 12.1. The van der Waals surface area contributed by atoms with Crippen molar-refractivity contribution in [3.05, 3.63) is 29.4 Å². The van der Waals surface area contributed by atoms with Gasteiger partial charge in [-0.2, -0.15) is 5.10 Å². The Morgan fingerprint density at radius 1 is 1.56 bits per heavy atom. The summed E-state index contributed by atoms with van der Waals surface area (Å²) < 4.78 is 3.42. The lowest BCUT2D eigenvalue weighted by Gasteiger charge is -2.27. The molecule has 0 bridgehead atoms. The normalized spacial score (nSPS) is 22.8. The van der Waals surface area contributed by atoms with Crippen molar-refractivity contribution in [1.29, 1.82) is 0 Å². The predicted molar refractivity (Wildman–Crippen MR) is 78.5 cm³/mol. The molecule has 18 heavy (non-hydrogen) atoms. The molecule has 0 saturated heterocycles. The van der Waals surface area contributed by atoms with E-state index < -0.39 is 0 Å². The maximum atomic E-state index is 4.31. The van der Waals surface area contributed by atoms with E-state index in [1.165, 1.54) is 16.2 Å². The van der Waals surface area contributed by atoms with Gasteiger partial charge >= 0.3 is 0 Å². The fourth-order valence-electron chi connectivity index (χ4n) is 2.30. The van der Waals surface area contributed by atoms with E-state index in [4.69, 9.17) is 0 Å². The van der Waals surface area contributed by atoms with Gasteiger partial charge in [0, 0.05) is 18.0 Å². The number of anilines is 1. The Balaban J connectivity index is 1.81. The van der Waals surface area contributed by atoms with Crippen LogP contribution in [0, 0.1) is 0 Å². The molecular formula is C13H17N3S2. The molecule has 96 valence electrons. The van der Waals surface area contributed by atoms with Crippen LogP contribution in [0.4, 0.5) is 5.69 Å². The molecule has 1 aliphatic heterocycles. The lowest BCUT2D eigenvalue weighted by Crippen LogP contribution is -2.18. The maximum Gasteiger partial charge on any atom is 0.0731 e. The Morgan fingerprint density at radius 3 is 3.22 bits per heavy atom. The summed E-state index contributed by atoms with van der Waals surface area (Å²) in [6.07, 6.45) is 5.17. The topological polar surface area (TPSA) is 29.9 Å². The van der Waals surface area contributed by atoms with Crippen LogP contribution in [-0.4, -0.2) is 15.0 Å². The summed E-state index contributed by atoms with van der Waals surface area (Å²) in [5, 5.41) is 10.8. The van der Waals surface area contributed by atoms with Gasteiger partial charge in [0.2, 0.25) is 0 Å². The largest absolute Gasteiger partial charge is 0.376 e. The Labute approximate surface area is 116 Å². The van der Waals surface area contributed by atoms with Gasteiger partial charge in [0.1, 0.15) is 0 Å². The third kappa shape index (κ3) is 2.29. The van der Waals surface area contributed by atoms with Crippen molar-refractivity contribution < 1.29 is 0 Å². The van der Waals surface area contributed by atoms with Crippen molar-refractivity contribution in [3.8, 4) is 0 Å². The zero-order chi connectivity index (χ0) is 12.5. The molecule has 5 heteroatoms. The molecule has 0 fully saturated rings. The molecule has 0 aliphatic carbocycles. The maximum absolute atomic E-state index is 4.31. The zero-order valence-electron chi connectivity index (χ0n) is 10.6. The monoisotopic (exact) mass is 279 g/mol. The molecule has 2 aromatic heterocycles. The van der Waals surface area contributed by atoms with E-state index in [-0.39, 0.29) is 0 Å². The fourth-order valence-corrected chi connectivity index (χ4v) is 4.86. The quantitative estimate of drug-likeness (QED) is 0.921. The van der Waals surface area contributed by atoms with Gasteiger partial charge in [-0.1, -0.05) is 6.92 Å². The van der Waals surface area contributed by atoms with Gasteiger partial charge in [-0.3, -0.25) is 4.68 Å². The summed E-state index contributed by atoms with van der Waals surface area (Å²) in [5.41, 5.74) is 2.57. The number of aryl methyl sites for hydroxylation is 1. The second kappa shape index (κ2) is 4.97. The molecule has 1 aliphatic rings. The van der Waals surface area contributed by atoms with Crippen LogP contribution >= 0.6 is 23.1 Å². The van der Waals surface area contributed by atoms with Crippen molar-refractivity contribution in [3.63, 3.8) is 0 Å². The minimum atomic E-state index is 0.428. The first-order valence-corrected chi connectivity index (χ1v) is 8.05. The number of thiophene rings is 1. The lowest BCUT2D eigenvalue weighted by atomic mass is 10.0. The van der Waals surface area contributed by atoms with E-state index in [1.807, 2.05) is 34.0 Å². The van der Waals surface area contributed by atoms with Crippen LogP contribution in [0.2, 0.25) is 0 Å². The second-order valence-corrected chi connectivity index (χ2v) is 7.23. The Morgan fingerprint density at radius 2 is 2.44 bits per heavy atom. The summed E-state index contributed by atoms with van der Waals surface area (Å²) in [6.45, 7) is 5.33. The first-order chi connectivity index (χ1) is 8.76. The molecule has 0 amide bonds. The van der Waals surface area contributed by atoms with Crippen LogP contribution in [-0.2, 0) is 6.54 Å². The van der Waals surface area contributed by atoms with Gasteiger partial charge in [-0.15, -0.1) is 23.1 Å². The highest BCUT2D eigenvalue weighted by molar-refractivity contribution is 8.01. The summed E-state index contributed by atoms with van der Waals surface area (Å²) in [5.74, 6) is 0. The molecule has 1 N–H and O–H groups in total. The van der Waals surface area contributed by atoms with Gasteiger partial charge in [-0.05, 0) is 30.4 Å². The van der Waals surface area contributed by atoms with Crippen molar-refractivity contribution in [2.75, 3.05) is 5.32 Å². The number of hydrogen-bond acceptors (Lipinski definition) is 4. The molecule has 3 nitrogen and oxygen atoms in total. The average Bonchev–Trinajstić information content (AvgIpc) is 2.97. The standard InChI is InChI=1S/C13H17N3S2/c1-3-16-8-10(7-14-16)15-12-6-9(2)18-13-11(12)4-5-17-13/h4-5,7-9,12,15H,3,6H2,1-2H3/t9-,12?/m0/s1. The highest BCUT2D eigenvalue weighted by Gasteiger charge is 2.26. The molecule has 0 aromatic carbocycles. The van der Waals surface area contributed by atoms with Gasteiger partial charge in [-0.25, -0.2) is 0 Å². The molecule has 0 radical (unpaired) electrons. The Hall–Kier alpha value is -0.940. The number of nitrogens with one attached hydrogen (secondary N) is 1. The second-order valence-electron chi connectivity index (χ2n) is 4.61. The molecule has 0 saturated carbocycles. The molecule has 3 rings (SSSR count). The van der Waals surface area contributed by atoms with E-state index in [2.05, 4.69) is 41.9 Å². The third-order valence-electron chi connectivity index (χ3n) is 3.21. The molecule has 3 heterocycles. The predicted octanol–water partition coefficient (Wildman–Crippen LogP) is 4.00. The Kier molecular flexibility index (Phi) is 3.35. The van der Waals surface area contributed by atoms with E-state index in [1.54, 1.807) is 0 Å².